The monoisotopic (exact) mass is 1110 g/mol. The first kappa shape index (κ1) is 58.6. The number of halogens is 8. The molecule has 2 aromatic heterocycles. The maximum atomic E-state index is 13.5. The highest BCUT2D eigenvalue weighted by atomic mass is 35.5. The molecule has 0 fully saturated rings. The number of phenols is 1. The van der Waals surface area contributed by atoms with Crippen molar-refractivity contribution in [3.8, 4) is 34.5 Å². The number of ether oxygens (including phenoxy) is 3. The topological polar surface area (TPSA) is 206 Å². The highest BCUT2D eigenvalue weighted by Gasteiger charge is 2.32. The molecule has 77 heavy (non-hydrogen) atoms. The quantitative estimate of drug-likeness (QED) is 0.0531. The molecule has 0 aliphatic heterocycles. The molecule has 8 aromatic rings. The summed E-state index contributed by atoms with van der Waals surface area (Å²) in [5.74, 6) is -0.540. The molecule has 0 aliphatic carbocycles. The molecule has 0 bridgehead atoms. The molecule has 4 N–H and O–H groups in total. The zero-order valence-corrected chi connectivity index (χ0v) is 42.2. The third-order valence-corrected chi connectivity index (χ3v) is 11.9. The van der Waals surface area contributed by atoms with Gasteiger partial charge >= 0.3 is 31.8 Å². The van der Waals surface area contributed by atoms with Crippen molar-refractivity contribution < 1.29 is 65.6 Å². The Hall–Kier alpha value is -7.70. The first-order valence-electron chi connectivity index (χ1n) is 22.9. The van der Waals surface area contributed by atoms with Gasteiger partial charge in [-0.25, -0.2) is 9.59 Å². The van der Waals surface area contributed by atoms with Gasteiger partial charge in [0.05, 0.1) is 21.8 Å². The van der Waals surface area contributed by atoms with Crippen molar-refractivity contribution in [2.45, 2.75) is 51.5 Å². The summed E-state index contributed by atoms with van der Waals surface area (Å²) in [5.41, 5.74) is 1.38. The van der Waals surface area contributed by atoms with Crippen LogP contribution in [-0.2, 0) is 40.0 Å². The van der Waals surface area contributed by atoms with Crippen LogP contribution in [0.5, 0.6) is 34.5 Å². The molecule has 1 radical (unpaired) electrons. The lowest BCUT2D eigenvalue weighted by molar-refractivity contribution is -0.275. The van der Waals surface area contributed by atoms with E-state index in [1.807, 2.05) is 12.1 Å². The lowest BCUT2D eigenvalue weighted by Crippen LogP contribution is -2.39. The minimum absolute atomic E-state index is 0.00286. The Bertz CT molecular complexity index is 3590. The smallest absolute Gasteiger partial charge is 0.537 e. The molecule has 8 rings (SSSR count). The first-order chi connectivity index (χ1) is 36.5. The Labute approximate surface area is 443 Å². The number of alkyl halides is 6. The minimum atomic E-state index is -4.87. The van der Waals surface area contributed by atoms with Crippen LogP contribution in [0.4, 0.5) is 26.3 Å². The number of phenolic OH excluding ortho intramolecular Hbond substituents is 1. The number of hydrogen-bond donors (Lipinski definition) is 4. The molecule has 0 amide bonds. The van der Waals surface area contributed by atoms with Crippen molar-refractivity contribution in [2.75, 3.05) is 13.2 Å². The second-order valence-electron chi connectivity index (χ2n) is 16.6. The SMILES string of the molecule is Cn1c(=O)n(CCCO)c(=O)c2c(Cc3ccc(Cl)cc3)c(O)ccc21.Cn1c(=O)n(CCCO)c(=O)c2c(Cc3ccc(Cl)cc3)c(Oc3cccc(OC(F)(F)F)c3)ccc21.O[B]Oc1cccc(OC(F)(F)F)c1. The fraction of sp³-hybridized carbons (Fsp3) is 0.231. The van der Waals surface area contributed by atoms with Gasteiger partial charge < -0.3 is 39.2 Å². The third-order valence-electron chi connectivity index (χ3n) is 11.4. The second-order valence-corrected chi connectivity index (χ2v) is 17.5. The van der Waals surface area contributed by atoms with Crippen LogP contribution in [0, 0.1) is 0 Å². The van der Waals surface area contributed by atoms with Gasteiger partial charge in [-0.15, -0.1) is 26.3 Å². The summed E-state index contributed by atoms with van der Waals surface area (Å²) in [4.78, 5) is 51.8. The number of aliphatic hydroxyl groups excluding tert-OH is 2. The summed E-state index contributed by atoms with van der Waals surface area (Å²) in [5, 5.41) is 38.5. The Morgan fingerprint density at radius 3 is 1.43 bits per heavy atom. The van der Waals surface area contributed by atoms with E-state index in [0.717, 1.165) is 44.5 Å². The van der Waals surface area contributed by atoms with E-state index in [2.05, 4.69) is 14.1 Å². The predicted octanol–water partition coefficient (Wildman–Crippen LogP) is 8.54. The molecule has 25 heteroatoms. The number of hydrogen-bond acceptors (Lipinski definition) is 12. The first-order valence-corrected chi connectivity index (χ1v) is 23.7. The number of aromatic hydroxyl groups is 1. The molecule has 0 unspecified atom stereocenters. The van der Waals surface area contributed by atoms with Crippen molar-refractivity contribution in [1.82, 2.24) is 18.3 Å². The van der Waals surface area contributed by atoms with E-state index in [1.54, 1.807) is 61.6 Å². The molecular formula is C52H46BCl2F6N4O12. The van der Waals surface area contributed by atoms with E-state index in [-0.39, 0.29) is 67.5 Å². The number of aliphatic hydroxyl groups is 2. The number of benzene rings is 6. The van der Waals surface area contributed by atoms with Crippen LogP contribution in [0.2, 0.25) is 10.0 Å². The van der Waals surface area contributed by atoms with Crippen LogP contribution >= 0.6 is 23.2 Å². The zero-order valence-electron chi connectivity index (χ0n) is 40.6. The lowest BCUT2D eigenvalue weighted by atomic mass is 9.99. The maximum absolute atomic E-state index is 13.5. The molecule has 0 aliphatic rings. The second kappa shape index (κ2) is 25.9. The van der Waals surface area contributed by atoms with Crippen molar-refractivity contribution in [3.63, 3.8) is 0 Å². The standard InChI is InChI=1S/C26H22ClF3N2O5.C19H19ClN2O4.C7H5BF3O3/c1-31-21-10-11-22(36-18-4-2-5-19(15-18)37-26(28,29)30)20(14-16-6-8-17(27)9-7-16)23(21)24(34)32(25(31)35)12-3-13-33;1-21-15-7-8-16(24)14(11-12-3-5-13(20)6-4-12)17(15)18(25)22(19(21)26)9-2-10-23;9-7(10,11)13-5-2-1-3-6(4-5)14-8-12/h2,4-11,15,33H,3,12-14H2,1H3;3-8,23-24H,2,9-11H2,1H3;1-4,12H. The fourth-order valence-corrected chi connectivity index (χ4v) is 8.12. The van der Waals surface area contributed by atoms with E-state index in [4.69, 9.17) is 38.1 Å². The van der Waals surface area contributed by atoms with E-state index >= 15 is 0 Å². The van der Waals surface area contributed by atoms with Gasteiger partial charge in [0.15, 0.2) is 0 Å². The zero-order chi connectivity index (χ0) is 56.2. The third kappa shape index (κ3) is 15.5. The van der Waals surface area contributed by atoms with E-state index in [9.17, 15) is 55.7 Å². The van der Waals surface area contributed by atoms with Gasteiger partial charge in [0.2, 0.25) is 0 Å². The Morgan fingerprint density at radius 1 is 0.558 bits per heavy atom. The predicted molar refractivity (Wildman–Crippen MR) is 275 cm³/mol. The van der Waals surface area contributed by atoms with Gasteiger partial charge in [-0.1, -0.05) is 59.6 Å². The van der Waals surface area contributed by atoms with Gasteiger partial charge in [0.25, 0.3) is 11.1 Å². The van der Waals surface area contributed by atoms with E-state index < -0.39 is 46.7 Å². The van der Waals surface area contributed by atoms with E-state index in [0.29, 0.717) is 58.1 Å². The Balaban J connectivity index is 0.000000207. The Kier molecular flexibility index (Phi) is 19.7. The average Bonchev–Trinajstić information content (AvgIpc) is 3.37. The average molecular weight is 1110 g/mol. The van der Waals surface area contributed by atoms with Crippen LogP contribution in [0.15, 0.2) is 141 Å². The van der Waals surface area contributed by atoms with Gasteiger partial charge in [-0.05, 0) is 96.8 Å². The van der Waals surface area contributed by atoms with E-state index in [1.165, 1.54) is 46.5 Å². The lowest BCUT2D eigenvalue weighted by Gasteiger charge is -2.17. The molecule has 16 nitrogen and oxygen atoms in total. The van der Waals surface area contributed by atoms with Crippen LogP contribution in [0.1, 0.15) is 35.1 Å². The molecule has 0 spiro atoms. The van der Waals surface area contributed by atoms with Crippen LogP contribution in [0.25, 0.3) is 21.8 Å². The number of aryl methyl sites for hydroxylation is 2. The number of nitrogens with zero attached hydrogens (tertiary/aromatic N) is 4. The summed E-state index contributed by atoms with van der Waals surface area (Å²) in [6.07, 6.45) is -8.57. The van der Waals surface area contributed by atoms with Gasteiger partial charge in [0.1, 0.15) is 34.5 Å². The molecular weight excluding hydrogens is 1070 g/mol. The summed E-state index contributed by atoms with van der Waals surface area (Å²) >= 11 is 11.9. The van der Waals surface area contributed by atoms with Crippen molar-refractivity contribution >= 4 is 52.7 Å². The van der Waals surface area contributed by atoms with Crippen LogP contribution in [0.3, 0.4) is 0 Å². The summed E-state index contributed by atoms with van der Waals surface area (Å²) < 4.78 is 96.2. The maximum Gasteiger partial charge on any atom is 0.573 e. The number of fused-ring (bicyclic) bond motifs is 2. The summed E-state index contributed by atoms with van der Waals surface area (Å²) in [7, 11) is 3.49. The van der Waals surface area contributed by atoms with Crippen molar-refractivity contribution in [1.29, 1.82) is 0 Å². The van der Waals surface area contributed by atoms with Crippen LogP contribution < -0.4 is 41.4 Å². The largest absolute Gasteiger partial charge is 0.573 e. The Morgan fingerprint density at radius 2 is 0.974 bits per heavy atom. The summed E-state index contributed by atoms with van der Waals surface area (Å²) in [6.45, 7) is -0.190. The van der Waals surface area contributed by atoms with Gasteiger partial charge in [-0.3, -0.25) is 27.9 Å². The van der Waals surface area contributed by atoms with Gasteiger partial charge in [0, 0.05) is 86.5 Å². The van der Waals surface area contributed by atoms with Gasteiger partial charge in [-0.2, -0.15) is 0 Å². The summed E-state index contributed by atoms with van der Waals surface area (Å²) in [6, 6.07) is 30.1. The molecule has 405 valence electrons. The minimum Gasteiger partial charge on any atom is -0.537 e. The molecule has 6 aromatic carbocycles. The molecule has 0 atom stereocenters. The number of rotatable bonds is 16. The van der Waals surface area contributed by atoms with Crippen molar-refractivity contribution in [3.05, 3.63) is 195 Å². The fourth-order valence-electron chi connectivity index (χ4n) is 7.87. The molecule has 0 saturated carbocycles. The highest BCUT2D eigenvalue weighted by molar-refractivity contribution is 6.30. The highest BCUT2D eigenvalue weighted by Crippen LogP contribution is 2.35. The van der Waals surface area contributed by atoms with Crippen LogP contribution in [-0.4, -0.2) is 72.2 Å². The normalized spacial score (nSPS) is 11.3. The number of aromatic nitrogens is 4. The molecule has 0 saturated heterocycles. The van der Waals surface area contributed by atoms with Crippen molar-refractivity contribution in [2.24, 2.45) is 14.1 Å². The molecule has 2 heterocycles.